The van der Waals surface area contributed by atoms with Gasteiger partial charge in [0.2, 0.25) is 0 Å². The molecule has 2 aliphatic heterocycles. The zero-order valence-electron chi connectivity index (χ0n) is 8.94. The van der Waals surface area contributed by atoms with Crippen LogP contribution in [0.3, 0.4) is 0 Å². The Kier molecular flexibility index (Phi) is 2.11. The average molecular weight is 231 g/mol. The summed E-state index contributed by atoms with van der Waals surface area (Å²) in [5, 5.41) is 0.836. The van der Waals surface area contributed by atoms with E-state index in [1.54, 1.807) is 0 Å². The van der Waals surface area contributed by atoms with Crippen LogP contribution in [0.2, 0.25) is 5.02 Å². The van der Waals surface area contributed by atoms with Crippen LogP contribution < -0.4 is 0 Å². The highest BCUT2D eigenvalue weighted by molar-refractivity contribution is 6.32. The molecule has 0 atom stereocenters. The summed E-state index contributed by atoms with van der Waals surface area (Å²) in [6.07, 6.45) is 8.04. The standard InChI is InChI=1S/C13H11ClN2/c1-9-5-6-11-10(13(9)14)8-16-7-3-2-4-12(16)15-11/h2-7H,8H2,1H3. The van der Waals surface area contributed by atoms with E-state index in [0.717, 1.165) is 34.2 Å². The molecule has 0 amide bonds. The van der Waals surface area contributed by atoms with Crippen molar-refractivity contribution in [2.24, 2.45) is 4.99 Å². The highest BCUT2D eigenvalue weighted by Gasteiger charge is 2.20. The van der Waals surface area contributed by atoms with Gasteiger partial charge in [-0.1, -0.05) is 23.7 Å². The molecule has 0 aliphatic carbocycles. The summed E-state index contributed by atoms with van der Waals surface area (Å²) in [7, 11) is 0. The fourth-order valence-electron chi connectivity index (χ4n) is 1.98. The van der Waals surface area contributed by atoms with Gasteiger partial charge in [-0.2, -0.15) is 0 Å². The Labute approximate surface area is 99.6 Å². The van der Waals surface area contributed by atoms with Crippen molar-refractivity contribution in [2.75, 3.05) is 0 Å². The van der Waals surface area contributed by atoms with E-state index in [1.807, 2.05) is 43.5 Å². The van der Waals surface area contributed by atoms with E-state index in [9.17, 15) is 0 Å². The monoisotopic (exact) mass is 230 g/mol. The van der Waals surface area contributed by atoms with E-state index < -0.39 is 0 Å². The molecule has 80 valence electrons. The molecule has 1 aromatic carbocycles. The SMILES string of the molecule is Cc1ccc2c(c1Cl)CN1C=CC=CC1=N2. The lowest BCUT2D eigenvalue weighted by Gasteiger charge is -2.28. The lowest BCUT2D eigenvalue weighted by molar-refractivity contribution is 0.544. The first-order valence-electron chi connectivity index (χ1n) is 5.24. The predicted molar refractivity (Wildman–Crippen MR) is 67.1 cm³/mol. The minimum atomic E-state index is 0.801. The Morgan fingerprint density at radius 2 is 2.19 bits per heavy atom. The molecule has 3 rings (SSSR count). The predicted octanol–water partition coefficient (Wildman–Crippen LogP) is 3.58. The maximum atomic E-state index is 6.30. The van der Waals surface area contributed by atoms with Crippen LogP contribution >= 0.6 is 11.6 Å². The van der Waals surface area contributed by atoms with Crippen LogP contribution in [-0.2, 0) is 6.54 Å². The Morgan fingerprint density at radius 3 is 3.06 bits per heavy atom. The van der Waals surface area contributed by atoms with Gasteiger partial charge in [-0.3, -0.25) is 0 Å². The van der Waals surface area contributed by atoms with Crippen LogP contribution in [0.5, 0.6) is 0 Å². The number of aliphatic imine (C=N–C) groups is 1. The Balaban J connectivity index is 2.17. The van der Waals surface area contributed by atoms with E-state index in [0.29, 0.717) is 0 Å². The topological polar surface area (TPSA) is 15.6 Å². The molecule has 1 aromatic rings. The lowest BCUT2D eigenvalue weighted by atomic mass is 10.1. The van der Waals surface area contributed by atoms with Gasteiger partial charge in [0.05, 0.1) is 17.3 Å². The van der Waals surface area contributed by atoms with Gasteiger partial charge in [0.25, 0.3) is 0 Å². The number of aryl methyl sites for hydroxylation is 1. The van der Waals surface area contributed by atoms with Crippen molar-refractivity contribution in [3.05, 3.63) is 52.7 Å². The molecule has 0 saturated heterocycles. The van der Waals surface area contributed by atoms with Gasteiger partial charge in [-0.25, -0.2) is 4.99 Å². The summed E-state index contributed by atoms with van der Waals surface area (Å²) in [6.45, 7) is 2.82. The molecule has 2 aliphatic rings. The molecule has 16 heavy (non-hydrogen) atoms. The number of hydrogen-bond donors (Lipinski definition) is 0. The smallest absolute Gasteiger partial charge is 0.133 e. The van der Waals surface area contributed by atoms with Gasteiger partial charge in [0.15, 0.2) is 0 Å². The highest BCUT2D eigenvalue weighted by Crippen LogP contribution is 2.34. The quantitative estimate of drug-likeness (QED) is 0.665. The molecule has 2 nitrogen and oxygen atoms in total. The molecular weight excluding hydrogens is 220 g/mol. The van der Waals surface area contributed by atoms with Crippen molar-refractivity contribution in [3.63, 3.8) is 0 Å². The zero-order chi connectivity index (χ0) is 11.1. The van der Waals surface area contributed by atoms with Crippen LogP contribution in [-0.4, -0.2) is 10.7 Å². The second kappa shape index (κ2) is 3.49. The summed E-state index contributed by atoms with van der Waals surface area (Å²) < 4.78 is 0. The number of rotatable bonds is 0. The second-order valence-corrected chi connectivity index (χ2v) is 4.37. The summed E-state index contributed by atoms with van der Waals surface area (Å²) in [5.41, 5.74) is 3.21. The van der Waals surface area contributed by atoms with E-state index >= 15 is 0 Å². The molecule has 0 aromatic heterocycles. The van der Waals surface area contributed by atoms with Crippen molar-refractivity contribution in [3.8, 4) is 0 Å². The highest BCUT2D eigenvalue weighted by atomic mass is 35.5. The van der Waals surface area contributed by atoms with E-state index in [4.69, 9.17) is 11.6 Å². The molecule has 0 saturated carbocycles. The Morgan fingerprint density at radius 1 is 1.31 bits per heavy atom. The average Bonchev–Trinajstić information content (AvgIpc) is 2.32. The third kappa shape index (κ3) is 1.38. The van der Waals surface area contributed by atoms with Gasteiger partial charge in [0, 0.05) is 11.8 Å². The minimum Gasteiger partial charge on any atom is -0.328 e. The maximum Gasteiger partial charge on any atom is 0.133 e. The van der Waals surface area contributed by atoms with Crippen LogP contribution in [0.25, 0.3) is 0 Å². The normalized spacial score (nSPS) is 16.9. The molecule has 0 bridgehead atoms. The molecule has 0 radical (unpaired) electrons. The zero-order valence-corrected chi connectivity index (χ0v) is 9.70. The number of benzene rings is 1. The molecule has 0 fully saturated rings. The van der Waals surface area contributed by atoms with Gasteiger partial charge >= 0.3 is 0 Å². The van der Waals surface area contributed by atoms with Crippen molar-refractivity contribution < 1.29 is 0 Å². The largest absolute Gasteiger partial charge is 0.328 e. The number of amidine groups is 1. The first kappa shape index (κ1) is 9.67. The molecular formula is C13H11ClN2. The molecule has 2 heterocycles. The number of halogens is 1. The number of hydrogen-bond acceptors (Lipinski definition) is 2. The summed E-state index contributed by atoms with van der Waals surface area (Å²) in [6, 6.07) is 4.05. The van der Waals surface area contributed by atoms with Gasteiger partial charge in [-0.05, 0) is 30.7 Å². The third-order valence-electron chi connectivity index (χ3n) is 2.89. The minimum absolute atomic E-state index is 0.801. The van der Waals surface area contributed by atoms with Crippen molar-refractivity contribution in [1.29, 1.82) is 0 Å². The first-order valence-corrected chi connectivity index (χ1v) is 5.62. The fraction of sp³-hybridized carbons (Fsp3) is 0.154. The third-order valence-corrected chi connectivity index (χ3v) is 3.42. The van der Waals surface area contributed by atoms with Crippen LogP contribution in [0.15, 0.2) is 41.6 Å². The van der Waals surface area contributed by atoms with Crippen molar-refractivity contribution in [2.45, 2.75) is 13.5 Å². The molecule has 0 spiro atoms. The lowest BCUT2D eigenvalue weighted by Crippen LogP contribution is -2.27. The number of nitrogens with zero attached hydrogens (tertiary/aromatic N) is 2. The number of fused-ring (bicyclic) bond motifs is 2. The summed E-state index contributed by atoms with van der Waals surface area (Å²) in [4.78, 5) is 6.69. The first-order chi connectivity index (χ1) is 7.75. The van der Waals surface area contributed by atoms with Gasteiger partial charge in [-0.15, -0.1) is 0 Å². The van der Waals surface area contributed by atoms with Gasteiger partial charge in [0.1, 0.15) is 5.84 Å². The fourth-order valence-corrected chi connectivity index (χ4v) is 2.20. The van der Waals surface area contributed by atoms with Gasteiger partial charge < -0.3 is 4.90 Å². The van der Waals surface area contributed by atoms with Crippen LogP contribution in [0, 0.1) is 6.92 Å². The summed E-state index contributed by atoms with van der Waals surface area (Å²) in [5.74, 6) is 0.981. The number of allylic oxidation sites excluding steroid dienone is 2. The van der Waals surface area contributed by atoms with Crippen LogP contribution in [0.1, 0.15) is 11.1 Å². The van der Waals surface area contributed by atoms with Crippen molar-refractivity contribution >= 4 is 23.1 Å². The van der Waals surface area contributed by atoms with Crippen LogP contribution in [0.4, 0.5) is 5.69 Å². The van der Waals surface area contributed by atoms with Crippen molar-refractivity contribution in [1.82, 2.24) is 4.90 Å². The Bertz CT molecular complexity index is 541. The summed E-state index contributed by atoms with van der Waals surface area (Å²) >= 11 is 6.30. The molecule has 3 heteroatoms. The maximum absolute atomic E-state index is 6.30. The second-order valence-electron chi connectivity index (χ2n) is 3.99. The van der Waals surface area contributed by atoms with E-state index in [-0.39, 0.29) is 0 Å². The molecule has 0 unspecified atom stereocenters. The van der Waals surface area contributed by atoms with E-state index in [2.05, 4.69) is 9.89 Å². The van der Waals surface area contributed by atoms with E-state index in [1.165, 1.54) is 0 Å². The Hall–Kier alpha value is -1.54. The molecule has 0 N–H and O–H groups in total.